The summed E-state index contributed by atoms with van der Waals surface area (Å²) in [5.74, 6) is -0.565. The molecule has 0 radical (unpaired) electrons. The Kier molecular flexibility index (Phi) is 4.60. The second-order valence-electron chi connectivity index (χ2n) is 4.51. The van der Waals surface area contributed by atoms with Gasteiger partial charge < -0.3 is 5.32 Å². The third kappa shape index (κ3) is 4.14. The summed E-state index contributed by atoms with van der Waals surface area (Å²) in [5, 5.41) is 2.78. The number of ketones is 1. The number of amides is 1. The molecule has 1 aromatic carbocycles. The Morgan fingerprint density at radius 3 is 2.36 bits per heavy atom. The molecule has 8 heteroatoms. The molecule has 0 aliphatic carbocycles. The third-order valence-corrected chi connectivity index (χ3v) is 3.76. The Balaban J connectivity index is 1.98. The van der Waals surface area contributed by atoms with E-state index < -0.39 is 17.6 Å². The van der Waals surface area contributed by atoms with Crippen LogP contribution < -0.4 is 5.32 Å². The summed E-state index contributed by atoms with van der Waals surface area (Å²) >= 11 is 1.04. The number of nitrogens with one attached hydrogen (secondary N) is 1. The van der Waals surface area contributed by atoms with Crippen LogP contribution in [0.15, 0.2) is 30.5 Å². The number of hydrogen-bond donors (Lipinski definition) is 1. The highest BCUT2D eigenvalue weighted by molar-refractivity contribution is 7.17. The van der Waals surface area contributed by atoms with Crippen molar-refractivity contribution in [3.05, 3.63) is 46.5 Å². The van der Waals surface area contributed by atoms with Crippen molar-refractivity contribution in [2.45, 2.75) is 19.5 Å². The van der Waals surface area contributed by atoms with Crippen LogP contribution in [-0.4, -0.2) is 16.7 Å². The molecule has 0 saturated heterocycles. The fraction of sp³-hybridized carbons (Fsp3) is 0.214. The summed E-state index contributed by atoms with van der Waals surface area (Å²) in [6.07, 6.45) is -3.11. The van der Waals surface area contributed by atoms with Crippen LogP contribution in [0.25, 0.3) is 0 Å². The lowest BCUT2D eigenvalue weighted by atomic mass is 10.1. The number of anilines is 1. The van der Waals surface area contributed by atoms with E-state index in [1.807, 2.05) is 0 Å². The summed E-state index contributed by atoms with van der Waals surface area (Å²) in [5.41, 5.74) is -0.309. The van der Waals surface area contributed by atoms with Crippen LogP contribution in [0.5, 0.6) is 0 Å². The van der Waals surface area contributed by atoms with E-state index in [-0.39, 0.29) is 17.3 Å². The molecular weight excluding hydrogens is 317 g/mol. The van der Waals surface area contributed by atoms with Crippen molar-refractivity contribution in [2.24, 2.45) is 0 Å². The highest BCUT2D eigenvalue weighted by atomic mass is 32.1. The van der Waals surface area contributed by atoms with Crippen LogP contribution in [0.2, 0.25) is 0 Å². The van der Waals surface area contributed by atoms with E-state index in [2.05, 4.69) is 10.3 Å². The molecule has 0 atom stereocenters. The van der Waals surface area contributed by atoms with Gasteiger partial charge in [-0.2, -0.15) is 13.2 Å². The molecule has 22 heavy (non-hydrogen) atoms. The van der Waals surface area contributed by atoms with Crippen molar-refractivity contribution in [2.75, 3.05) is 5.32 Å². The van der Waals surface area contributed by atoms with Crippen molar-refractivity contribution >= 4 is 28.2 Å². The van der Waals surface area contributed by atoms with Crippen molar-refractivity contribution in [1.82, 2.24) is 4.98 Å². The van der Waals surface area contributed by atoms with Gasteiger partial charge in [-0.3, -0.25) is 9.59 Å². The van der Waals surface area contributed by atoms with Crippen LogP contribution >= 0.6 is 11.3 Å². The molecule has 0 spiro atoms. The maximum atomic E-state index is 12.4. The monoisotopic (exact) mass is 328 g/mol. The lowest BCUT2D eigenvalue weighted by Crippen LogP contribution is -2.14. The normalized spacial score (nSPS) is 11.3. The van der Waals surface area contributed by atoms with Crippen molar-refractivity contribution in [3.8, 4) is 0 Å². The fourth-order valence-corrected chi connectivity index (χ4v) is 2.38. The Morgan fingerprint density at radius 2 is 1.86 bits per heavy atom. The van der Waals surface area contributed by atoms with E-state index >= 15 is 0 Å². The van der Waals surface area contributed by atoms with Crippen LogP contribution in [0.4, 0.5) is 18.3 Å². The van der Waals surface area contributed by atoms with Gasteiger partial charge in [0.25, 0.3) is 0 Å². The summed E-state index contributed by atoms with van der Waals surface area (Å²) in [7, 11) is 0. The Morgan fingerprint density at radius 1 is 1.23 bits per heavy atom. The Labute approximate surface area is 128 Å². The van der Waals surface area contributed by atoms with E-state index in [1.54, 1.807) is 0 Å². The minimum atomic E-state index is -4.40. The van der Waals surface area contributed by atoms with Gasteiger partial charge in [-0.1, -0.05) is 23.5 Å². The first-order valence-corrected chi connectivity index (χ1v) is 7.00. The van der Waals surface area contributed by atoms with Gasteiger partial charge in [-0.25, -0.2) is 4.98 Å². The first-order chi connectivity index (χ1) is 10.3. The summed E-state index contributed by atoms with van der Waals surface area (Å²) in [6, 6.07) is 4.37. The number of benzene rings is 1. The first-order valence-electron chi connectivity index (χ1n) is 6.18. The molecule has 0 fully saturated rings. The zero-order valence-corrected chi connectivity index (χ0v) is 12.2. The number of rotatable bonds is 4. The summed E-state index contributed by atoms with van der Waals surface area (Å²) in [6.45, 7) is 1.39. The molecule has 1 heterocycles. The number of thiazole rings is 1. The minimum Gasteiger partial charge on any atom is -0.302 e. The number of carbonyl (C=O) groups excluding carboxylic acids is 2. The summed E-state index contributed by atoms with van der Waals surface area (Å²) < 4.78 is 37.3. The average Bonchev–Trinajstić information content (AvgIpc) is 2.86. The van der Waals surface area contributed by atoms with Gasteiger partial charge in [0.2, 0.25) is 5.91 Å². The molecule has 2 rings (SSSR count). The molecule has 1 N–H and O–H groups in total. The number of aromatic nitrogens is 1. The molecule has 2 aromatic rings. The number of nitrogens with zero attached hydrogens (tertiary/aromatic N) is 1. The Hall–Kier alpha value is -2.22. The van der Waals surface area contributed by atoms with Crippen LogP contribution in [0.3, 0.4) is 0 Å². The fourth-order valence-electron chi connectivity index (χ4n) is 1.66. The number of carbonyl (C=O) groups is 2. The molecule has 0 unspecified atom stereocenters. The molecule has 1 amide bonds. The molecule has 0 aliphatic heterocycles. The van der Waals surface area contributed by atoms with Gasteiger partial charge in [0.1, 0.15) is 0 Å². The van der Waals surface area contributed by atoms with Gasteiger partial charge in [-0.15, -0.1) is 0 Å². The molecule has 4 nitrogen and oxygen atoms in total. The predicted octanol–water partition coefficient (Wildman–Crippen LogP) is 3.55. The zero-order valence-electron chi connectivity index (χ0n) is 11.4. The van der Waals surface area contributed by atoms with Crippen LogP contribution in [-0.2, 0) is 17.4 Å². The molecule has 116 valence electrons. The molecule has 0 aliphatic rings. The summed E-state index contributed by atoms with van der Waals surface area (Å²) in [4.78, 5) is 27.2. The largest absolute Gasteiger partial charge is 0.416 e. The molecule has 0 bridgehead atoms. The highest BCUT2D eigenvalue weighted by Crippen LogP contribution is 2.29. The Bertz CT molecular complexity index is 693. The first kappa shape index (κ1) is 16.2. The average molecular weight is 328 g/mol. The minimum absolute atomic E-state index is 0.0763. The van der Waals surface area contributed by atoms with Gasteiger partial charge >= 0.3 is 6.18 Å². The predicted molar refractivity (Wildman–Crippen MR) is 75.9 cm³/mol. The van der Waals surface area contributed by atoms with Gasteiger partial charge in [0.15, 0.2) is 10.9 Å². The van der Waals surface area contributed by atoms with Crippen molar-refractivity contribution in [1.29, 1.82) is 0 Å². The smallest absolute Gasteiger partial charge is 0.302 e. The zero-order chi connectivity index (χ0) is 16.3. The lowest BCUT2D eigenvalue weighted by molar-refractivity contribution is -0.137. The third-order valence-electron chi connectivity index (χ3n) is 2.74. The van der Waals surface area contributed by atoms with E-state index in [1.165, 1.54) is 25.3 Å². The second kappa shape index (κ2) is 6.27. The van der Waals surface area contributed by atoms with Crippen LogP contribution in [0, 0.1) is 0 Å². The molecular formula is C14H11F3N2O2S. The van der Waals surface area contributed by atoms with Crippen molar-refractivity contribution in [3.63, 3.8) is 0 Å². The maximum Gasteiger partial charge on any atom is 0.416 e. The van der Waals surface area contributed by atoms with E-state index in [0.717, 1.165) is 23.5 Å². The topological polar surface area (TPSA) is 59.1 Å². The lowest BCUT2D eigenvalue weighted by Gasteiger charge is -2.07. The van der Waals surface area contributed by atoms with Crippen LogP contribution in [0.1, 0.15) is 27.7 Å². The maximum absolute atomic E-state index is 12.4. The van der Waals surface area contributed by atoms with E-state index in [9.17, 15) is 22.8 Å². The van der Waals surface area contributed by atoms with Crippen molar-refractivity contribution < 1.29 is 22.8 Å². The van der Waals surface area contributed by atoms with E-state index in [0.29, 0.717) is 10.4 Å². The number of halogens is 3. The van der Waals surface area contributed by atoms with Gasteiger partial charge in [0.05, 0.1) is 23.1 Å². The SMILES string of the molecule is CC(=O)c1cnc(NC(=O)Cc2ccc(C(F)(F)F)cc2)s1. The second-order valence-corrected chi connectivity index (χ2v) is 5.54. The molecule has 1 aromatic heterocycles. The quantitative estimate of drug-likeness (QED) is 0.873. The number of hydrogen-bond acceptors (Lipinski definition) is 4. The number of alkyl halides is 3. The van der Waals surface area contributed by atoms with Gasteiger partial charge in [0, 0.05) is 6.92 Å². The standard InChI is InChI=1S/C14H11F3N2O2S/c1-8(20)11-7-18-13(22-11)19-12(21)6-9-2-4-10(5-3-9)14(15,16)17/h2-5,7H,6H2,1H3,(H,18,19,21). The van der Waals surface area contributed by atoms with Gasteiger partial charge in [-0.05, 0) is 17.7 Å². The highest BCUT2D eigenvalue weighted by Gasteiger charge is 2.29. The molecule has 0 saturated carbocycles. The number of Topliss-reactive ketones (excluding diaryl/α,β-unsaturated/α-hetero) is 1. The van der Waals surface area contributed by atoms with E-state index in [4.69, 9.17) is 0 Å².